The van der Waals surface area contributed by atoms with Gasteiger partial charge in [-0.2, -0.15) is 0 Å². The van der Waals surface area contributed by atoms with E-state index >= 15 is 0 Å². The molecule has 0 aliphatic heterocycles. The van der Waals surface area contributed by atoms with Gasteiger partial charge in [-0.25, -0.2) is 4.39 Å². The minimum atomic E-state index is -0.907. The lowest BCUT2D eigenvalue weighted by Crippen LogP contribution is -2.02. The Kier molecular flexibility index (Phi) is 3.47. The number of benzene rings is 2. The van der Waals surface area contributed by atoms with Crippen LogP contribution in [0.2, 0.25) is 5.02 Å². The lowest BCUT2D eigenvalue weighted by molar-refractivity contribution is 0.151. The van der Waals surface area contributed by atoms with Gasteiger partial charge in [-0.1, -0.05) is 41.9 Å². The van der Waals surface area contributed by atoms with Gasteiger partial charge in [0.25, 0.3) is 0 Å². The van der Waals surface area contributed by atoms with Crippen molar-refractivity contribution in [3.63, 3.8) is 0 Å². The van der Waals surface area contributed by atoms with E-state index in [0.29, 0.717) is 21.9 Å². The molecule has 0 spiro atoms. The predicted molar refractivity (Wildman–Crippen MR) is 76.3 cm³/mol. The number of fused-ring (bicyclic) bond motifs is 1. The fraction of sp³-hybridized carbons (Fsp3) is 0.125. The Morgan fingerprint density at radius 3 is 2.70 bits per heavy atom. The summed E-state index contributed by atoms with van der Waals surface area (Å²) in [7, 11) is 0. The average Bonchev–Trinajstić information content (AvgIpc) is 2.87. The van der Waals surface area contributed by atoms with Crippen LogP contribution in [0.3, 0.4) is 0 Å². The number of halogens is 2. The van der Waals surface area contributed by atoms with E-state index in [2.05, 4.69) is 0 Å². The molecule has 0 aliphatic rings. The third-order valence-electron chi connectivity index (χ3n) is 3.21. The Balaban J connectivity index is 1.91. The molecule has 0 bridgehead atoms. The van der Waals surface area contributed by atoms with Crippen LogP contribution in [0.25, 0.3) is 11.0 Å². The molecule has 1 N–H and O–H groups in total. The molecule has 0 radical (unpaired) electrons. The van der Waals surface area contributed by atoms with Crippen molar-refractivity contribution in [2.75, 3.05) is 0 Å². The molecule has 102 valence electrons. The monoisotopic (exact) mass is 290 g/mol. The van der Waals surface area contributed by atoms with Gasteiger partial charge in [0.2, 0.25) is 0 Å². The summed E-state index contributed by atoms with van der Waals surface area (Å²) in [6.07, 6.45) is -0.750. The van der Waals surface area contributed by atoms with Crippen LogP contribution in [-0.4, -0.2) is 5.11 Å². The molecule has 1 heterocycles. The van der Waals surface area contributed by atoms with Gasteiger partial charge in [0, 0.05) is 11.8 Å². The van der Waals surface area contributed by atoms with E-state index in [-0.39, 0.29) is 12.2 Å². The molecule has 1 unspecified atom stereocenters. The Morgan fingerprint density at radius 2 is 1.95 bits per heavy atom. The van der Waals surface area contributed by atoms with Crippen molar-refractivity contribution in [1.29, 1.82) is 0 Å². The Hall–Kier alpha value is -1.84. The highest BCUT2D eigenvalue weighted by molar-refractivity contribution is 6.34. The molecule has 0 saturated carbocycles. The molecule has 0 amide bonds. The first-order valence-electron chi connectivity index (χ1n) is 6.24. The molecule has 20 heavy (non-hydrogen) atoms. The molecule has 0 saturated heterocycles. The standard InChI is InChI=1S/C16H12ClFO2/c17-12-6-3-5-11-9-15(20-16(11)12)14(19)8-10-4-1-2-7-13(10)18/h1-7,9,14,19H,8H2. The second kappa shape index (κ2) is 5.27. The Labute approximate surface area is 120 Å². The van der Waals surface area contributed by atoms with Gasteiger partial charge in [0.05, 0.1) is 5.02 Å². The van der Waals surface area contributed by atoms with Crippen molar-refractivity contribution in [2.24, 2.45) is 0 Å². The minimum Gasteiger partial charge on any atom is -0.457 e. The summed E-state index contributed by atoms with van der Waals surface area (Å²) in [6, 6.07) is 13.5. The second-order valence-corrected chi connectivity index (χ2v) is 5.03. The number of hydrogen-bond donors (Lipinski definition) is 1. The third-order valence-corrected chi connectivity index (χ3v) is 3.51. The summed E-state index contributed by atoms with van der Waals surface area (Å²) in [5, 5.41) is 11.5. The molecule has 3 rings (SSSR count). The molecule has 2 aromatic carbocycles. The van der Waals surface area contributed by atoms with Gasteiger partial charge >= 0.3 is 0 Å². The quantitative estimate of drug-likeness (QED) is 0.770. The molecule has 3 aromatic rings. The van der Waals surface area contributed by atoms with Crippen LogP contribution in [0.15, 0.2) is 52.9 Å². The van der Waals surface area contributed by atoms with Crippen molar-refractivity contribution < 1.29 is 13.9 Å². The lowest BCUT2D eigenvalue weighted by Gasteiger charge is -2.08. The number of aliphatic hydroxyl groups excluding tert-OH is 1. The van der Waals surface area contributed by atoms with Gasteiger partial charge in [0.15, 0.2) is 5.58 Å². The van der Waals surface area contributed by atoms with Crippen molar-refractivity contribution in [3.05, 3.63) is 70.7 Å². The first-order chi connectivity index (χ1) is 9.65. The van der Waals surface area contributed by atoms with Crippen LogP contribution in [0.4, 0.5) is 4.39 Å². The van der Waals surface area contributed by atoms with Crippen LogP contribution in [0, 0.1) is 5.82 Å². The van der Waals surface area contributed by atoms with Gasteiger partial charge in [-0.05, 0) is 23.8 Å². The van der Waals surface area contributed by atoms with Crippen LogP contribution in [0.5, 0.6) is 0 Å². The van der Waals surface area contributed by atoms with Crippen molar-refractivity contribution in [2.45, 2.75) is 12.5 Å². The highest BCUT2D eigenvalue weighted by atomic mass is 35.5. The minimum absolute atomic E-state index is 0.157. The van der Waals surface area contributed by atoms with Crippen molar-refractivity contribution in [3.8, 4) is 0 Å². The van der Waals surface area contributed by atoms with Crippen LogP contribution < -0.4 is 0 Å². The number of furan rings is 1. The summed E-state index contributed by atoms with van der Waals surface area (Å²) in [5.74, 6) is 0.0528. The first-order valence-corrected chi connectivity index (χ1v) is 6.62. The topological polar surface area (TPSA) is 33.4 Å². The smallest absolute Gasteiger partial charge is 0.152 e. The summed E-state index contributed by atoms with van der Waals surface area (Å²) >= 11 is 6.03. The molecule has 1 atom stereocenters. The fourth-order valence-electron chi connectivity index (χ4n) is 2.18. The van der Waals surface area contributed by atoms with Crippen molar-refractivity contribution >= 4 is 22.6 Å². The van der Waals surface area contributed by atoms with Gasteiger partial charge in [-0.15, -0.1) is 0 Å². The fourth-order valence-corrected chi connectivity index (χ4v) is 2.40. The maximum Gasteiger partial charge on any atom is 0.152 e. The zero-order chi connectivity index (χ0) is 14.1. The van der Waals surface area contributed by atoms with Crippen LogP contribution in [0.1, 0.15) is 17.4 Å². The first kappa shape index (κ1) is 13.2. The summed E-state index contributed by atoms with van der Waals surface area (Å²) in [4.78, 5) is 0. The van der Waals surface area contributed by atoms with E-state index in [1.54, 1.807) is 30.3 Å². The summed E-state index contributed by atoms with van der Waals surface area (Å²) < 4.78 is 19.1. The molecule has 2 nitrogen and oxygen atoms in total. The summed E-state index contributed by atoms with van der Waals surface area (Å²) in [6.45, 7) is 0. The normalized spacial score (nSPS) is 12.8. The SMILES string of the molecule is OC(Cc1ccccc1F)c1cc2cccc(Cl)c2o1. The lowest BCUT2D eigenvalue weighted by atomic mass is 10.1. The average molecular weight is 291 g/mol. The van der Waals surface area contributed by atoms with Gasteiger partial charge < -0.3 is 9.52 Å². The third kappa shape index (κ3) is 2.42. The largest absolute Gasteiger partial charge is 0.457 e. The molecule has 0 fully saturated rings. The van der Waals surface area contributed by atoms with E-state index in [9.17, 15) is 9.50 Å². The Bertz CT molecular complexity index is 751. The summed E-state index contributed by atoms with van der Waals surface area (Å²) in [5.41, 5.74) is 0.989. The molecule has 0 aliphatic carbocycles. The van der Waals surface area contributed by atoms with E-state index in [1.807, 2.05) is 12.1 Å². The van der Waals surface area contributed by atoms with Gasteiger partial charge in [0.1, 0.15) is 17.7 Å². The number of hydrogen-bond acceptors (Lipinski definition) is 2. The molecular formula is C16H12ClFO2. The van der Waals surface area contributed by atoms with E-state index < -0.39 is 6.10 Å². The maximum atomic E-state index is 13.6. The highest BCUT2D eigenvalue weighted by Crippen LogP contribution is 2.30. The van der Waals surface area contributed by atoms with Gasteiger partial charge in [-0.3, -0.25) is 0 Å². The van der Waals surface area contributed by atoms with Crippen LogP contribution >= 0.6 is 11.6 Å². The number of para-hydroxylation sites is 1. The van der Waals surface area contributed by atoms with E-state index in [0.717, 1.165) is 5.39 Å². The van der Waals surface area contributed by atoms with E-state index in [4.69, 9.17) is 16.0 Å². The highest BCUT2D eigenvalue weighted by Gasteiger charge is 2.16. The zero-order valence-electron chi connectivity index (χ0n) is 10.5. The Morgan fingerprint density at radius 1 is 1.15 bits per heavy atom. The zero-order valence-corrected chi connectivity index (χ0v) is 11.3. The number of rotatable bonds is 3. The predicted octanol–water partition coefficient (Wildman–Crippen LogP) is 4.50. The van der Waals surface area contributed by atoms with E-state index in [1.165, 1.54) is 6.07 Å². The molecular weight excluding hydrogens is 279 g/mol. The maximum absolute atomic E-state index is 13.6. The second-order valence-electron chi connectivity index (χ2n) is 4.62. The molecule has 4 heteroatoms. The van der Waals surface area contributed by atoms with Crippen LogP contribution in [-0.2, 0) is 6.42 Å². The van der Waals surface area contributed by atoms with Crippen molar-refractivity contribution in [1.82, 2.24) is 0 Å². The number of aliphatic hydroxyl groups is 1. The molecule has 1 aromatic heterocycles.